The van der Waals surface area contributed by atoms with Crippen molar-refractivity contribution in [1.82, 2.24) is 9.97 Å². The third kappa shape index (κ3) is 3.52. The van der Waals surface area contributed by atoms with Gasteiger partial charge in [-0.2, -0.15) is 0 Å². The highest BCUT2D eigenvalue weighted by Crippen LogP contribution is 2.20. The minimum atomic E-state index is -1.04. The summed E-state index contributed by atoms with van der Waals surface area (Å²) in [5.41, 5.74) is 0.887. The number of aromatic nitrogens is 2. The highest BCUT2D eigenvalue weighted by atomic mass is 32.1. The zero-order chi connectivity index (χ0) is 14.5. The predicted octanol–water partition coefficient (Wildman–Crippen LogP) is 2.56. The molecular weight excluding hydrogens is 278 g/mol. The van der Waals surface area contributed by atoms with E-state index in [0.29, 0.717) is 12.4 Å². The van der Waals surface area contributed by atoms with Crippen LogP contribution in [0.2, 0.25) is 0 Å². The van der Waals surface area contributed by atoms with Gasteiger partial charge in [-0.15, -0.1) is 11.3 Å². The fourth-order valence-corrected chi connectivity index (χ4v) is 2.38. The van der Waals surface area contributed by atoms with Crippen molar-refractivity contribution in [2.45, 2.75) is 19.6 Å². The van der Waals surface area contributed by atoms with Gasteiger partial charge in [-0.1, -0.05) is 6.07 Å². The summed E-state index contributed by atoms with van der Waals surface area (Å²) in [7, 11) is 1.64. The summed E-state index contributed by atoms with van der Waals surface area (Å²) in [4.78, 5) is 19.3. The normalized spacial score (nSPS) is 12.1. The van der Waals surface area contributed by atoms with Crippen molar-refractivity contribution in [2.75, 3.05) is 12.4 Å². The molecule has 2 rings (SSSR count). The summed E-state index contributed by atoms with van der Waals surface area (Å²) in [5.74, 6) is -0.530. The number of nitrogens with zero attached hydrogens (tertiary/aromatic N) is 2. The number of carboxylic acid groups (broad SMARTS) is 1. The van der Waals surface area contributed by atoms with Crippen LogP contribution in [-0.2, 0) is 11.3 Å². The summed E-state index contributed by atoms with van der Waals surface area (Å²) in [6.07, 6.45) is -0.0257. The zero-order valence-corrected chi connectivity index (χ0v) is 12.0. The molecule has 0 aliphatic carbocycles. The molecule has 2 aromatic rings. The maximum atomic E-state index is 10.8. The van der Waals surface area contributed by atoms with Crippen LogP contribution in [0.3, 0.4) is 0 Å². The molecule has 0 fully saturated rings. The number of rotatable bonds is 6. The van der Waals surface area contributed by atoms with Crippen LogP contribution >= 0.6 is 11.3 Å². The maximum Gasteiger partial charge on any atom is 0.354 e. The predicted molar refractivity (Wildman–Crippen MR) is 76.1 cm³/mol. The van der Waals surface area contributed by atoms with Crippen molar-refractivity contribution in [3.05, 3.63) is 40.0 Å². The van der Waals surface area contributed by atoms with E-state index in [1.807, 2.05) is 12.3 Å². The number of methoxy groups -OCH3 is 1. The molecule has 7 heteroatoms. The van der Waals surface area contributed by atoms with Crippen molar-refractivity contribution >= 4 is 23.1 Å². The Bertz CT molecular complexity index is 600. The minimum Gasteiger partial charge on any atom is -0.477 e. The lowest BCUT2D eigenvalue weighted by Crippen LogP contribution is -2.06. The van der Waals surface area contributed by atoms with Crippen LogP contribution in [-0.4, -0.2) is 28.2 Å². The Morgan fingerprint density at radius 2 is 2.30 bits per heavy atom. The first-order valence-electron chi connectivity index (χ1n) is 6.01. The number of anilines is 1. The first kappa shape index (κ1) is 14.4. The lowest BCUT2D eigenvalue weighted by atomic mass is 10.3. The molecule has 0 radical (unpaired) electrons. The fourth-order valence-electron chi connectivity index (χ4n) is 1.52. The van der Waals surface area contributed by atoms with Crippen LogP contribution < -0.4 is 5.32 Å². The monoisotopic (exact) mass is 293 g/mol. The third-order valence-corrected chi connectivity index (χ3v) is 3.74. The standard InChI is InChI=1S/C13H15N3O3S/c1-8(19-2)12-15-9(7-20-12)6-14-11-5-3-4-10(16-11)13(17)18/h3-5,7-8H,6H2,1-2H3,(H,14,16)(H,17,18). The molecule has 2 heterocycles. The van der Waals surface area contributed by atoms with E-state index in [1.54, 1.807) is 19.2 Å². The summed E-state index contributed by atoms with van der Waals surface area (Å²) < 4.78 is 5.20. The number of thiazole rings is 1. The van der Waals surface area contributed by atoms with E-state index < -0.39 is 5.97 Å². The van der Waals surface area contributed by atoms with Gasteiger partial charge in [-0.25, -0.2) is 14.8 Å². The Morgan fingerprint density at radius 1 is 1.50 bits per heavy atom. The van der Waals surface area contributed by atoms with Gasteiger partial charge in [0.2, 0.25) is 0 Å². The van der Waals surface area contributed by atoms with Crippen LogP contribution in [0.5, 0.6) is 0 Å². The molecule has 6 nitrogen and oxygen atoms in total. The van der Waals surface area contributed by atoms with E-state index in [9.17, 15) is 4.79 Å². The molecule has 0 aliphatic rings. The van der Waals surface area contributed by atoms with Gasteiger partial charge < -0.3 is 15.2 Å². The fraction of sp³-hybridized carbons (Fsp3) is 0.308. The van der Waals surface area contributed by atoms with E-state index in [1.165, 1.54) is 17.4 Å². The Kier molecular flexibility index (Phi) is 4.65. The largest absolute Gasteiger partial charge is 0.477 e. The highest BCUT2D eigenvalue weighted by molar-refractivity contribution is 7.09. The average molecular weight is 293 g/mol. The first-order chi connectivity index (χ1) is 9.60. The maximum absolute atomic E-state index is 10.8. The SMILES string of the molecule is COC(C)c1nc(CNc2cccc(C(=O)O)n2)cs1. The number of carboxylic acids is 1. The van der Waals surface area contributed by atoms with Gasteiger partial charge >= 0.3 is 5.97 Å². The Hall–Kier alpha value is -1.99. The Morgan fingerprint density at radius 3 is 3.00 bits per heavy atom. The number of hydrogen-bond donors (Lipinski definition) is 2. The molecule has 0 aromatic carbocycles. The number of nitrogens with one attached hydrogen (secondary N) is 1. The van der Waals surface area contributed by atoms with Crippen molar-refractivity contribution in [1.29, 1.82) is 0 Å². The van der Waals surface area contributed by atoms with Crippen molar-refractivity contribution < 1.29 is 14.6 Å². The quantitative estimate of drug-likeness (QED) is 0.851. The molecule has 1 unspecified atom stereocenters. The second-order valence-corrected chi connectivity index (χ2v) is 5.01. The van der Waals surface area contributed by atoms with Gasteiger partial charge in [0.15, 0.2) is 5.69 Å². The zero-order valence-electron chi connectivity index (χ0n) is 11.2. The molecule has 1 atom stereocenters. The minimum absolute atomic E-state index is 0.0157. The molecule has 0 amide bonds. The van der Waals surface area contributed by atoms with Gasteiger partial charge in [0, 0.05) is 12.5 Å². The molecule has 0 aliphatic heterocycles. The van der Waals surface area contributed by atoms with Crippen LogP contribution in [0, 0.1) is 0 Å². The van der Waals surface area contributed by atoms with Crippen LogP contribution in [0.15, 0.2) is 23.6 Å². The molecule has 0 saturated carbocycles. The second-order valence-electron chi connectivity index (χ2n) is 4.12. The Labute approximate surface area is 120 Å². The lowest BCUT2D eigenvalue weighted by molar-refractivity contribution is 0.0690. The molecule has 0 saturated heterocycles. The van der Waals surface area contributed by atoms with Crippen molar-refractivity contribution in [3.8, 4) is 0 Å². The van der Waals surface area contributed by atoms with Gasteiger partial charge in [-0.05, 0) is 19.1 Å². The molecule has 106 valence electrons. The smallest absolute Gasteiger partial charge is 0.354 e. The topological polar surface area (TPSA) is 84.3 Å². The average Bonchev–Trinajstić information content (AvgIpc) is 2.93. The highest BCUT2D eigenvalue weighted by Gasteiger charge is 2.09. The summed E-state index contributed by atoms with van der Waals surface area (Å²) in [6, 6.07) is 4.82. The Balaban J connectivity index is 2.00. The summed E-state index contributed by atoms with van der Waals surface area (Å²) in [6.45, 7) is 2.43. The molecule has 20 heavy (non-hydrogen) atoms. The molecular formula is C13H15N3O3S. The second kappa shape index (κ2) is 6.44. The van der Waals surface area contributed by atoms with E-state index in [-0.39, 0.29) is 11.8 Å². The summed E-state index contributed by atoms with van der Waals surface area (Å²) in [5, 5.41) is 14.8. The number of carbonyl (C=O) groups is 1. The number of aromatic carboxylic acids is 1. The van der Waals surface area contributed by atoms with Crippen molar-refractivity contribution in [3.63, 3.8) is 0 Å². The van der Waals surface area contributed by atoms with Gasteiger partial charge in [0.25, 0.3) is 0 Å². The third-order valence-electron chi connectivity index (χ3n) is 2.69. The molecule has 2 N–H and O–H groups in total. The lowest BCUT2D eigenvalue weighted by Gasteiger charge is -2.05. The molecule has 2 aromatic heterocycles. The van der Waals surface area contributed by atoms with Gasteiger partial charge in [-0.3, -0.25) is 0 Å². The van der Waals surface area contributed by atoms with Crippen LogP contribution in [0.4, 0.5) is 5.82 Å². The van der Waals surface area contributed by atoms with Crippen LogP contribution in [0.25, 0.3) is 0 Å². The molecule has 0 spiro atoms. The number of hydrogen-bond acceptors (Lipinski definition) is 6. The number of ether oxygens (including phenoxy) is 1. The molecule has 0 bridgehead atoms. The van der Waals surface area contributed by atoms with E-state index in [2.05, 4.69) is 15.3 Å². The number of pyridine rings is 1. The van der Waals surface area contributed by atoms with E-state index in [4.69, 9.17) is 9.84 Å². The van der Waals surface area contributed by atoms with Gasteiger partial charge in [0.1, 0.15) is 16.9 Å². The van der Waals surface area contributed by atoms with Crippen LogP contribution in [0.1, 0.15) is 34.2 Å². The summed E-state index contributed by atoms with van der Waals surface area (Å²) >= 11 is 1.53. The van der Waals surface area contributed by atoms with Crippen molar-refractivity contribution in [2.24, 2.45) is 0 Å². The van der Waals surface area contributed by atoms with E-state index >= 15 is 0 Å². The van der Waals surface area contributed by atoms with Gasteiger partial charge in [0.05, 0.1) is 12.2 Å². The first-order valence-corrected chi connectivity index (χ1v) is 6.89. The van der Waals surface area contributed by atoms with E-state index in [0.717, 1.165) is 10.7 Å².